The van der Waals surface area contributed by atoms with Gasteiger partial charge in [-0.05, 0) is 68.0 Å². The molecule has 0 amide bonds. The Morgan fingerprint density at radius 3 is 1.37 bits per heavy atom. The van der Waals surface area contributed by atoms with Crippen molar-refractivity contribution in [2.45, 2.75) is 46.5 Å². The van der Waals surface area contributed by atoms with Gasteiger partial charge in [-0.1, -0.05) is 31.5 Å². The Hall–Kier alpha value is -3.27. The van der Waals surface area contributed by atoms with Crippen molar-refractivity contribution in [3.05, 3.63) is 70.8 Å². The summed E-state index contributed by atoms with van der Waals surface area (Å²) in [5.74, 6) is -0.498. The first kappa shape index (κ1) is 33.9. The first-order valence-corrected chi connectivity index (χ1v) is 14.2. The highest BCUT2D eigenvalue weighted by Crippen LogP contribution is 2.14. The van der Waals surface area contributed by atoms with E-state index in [9.17, 15) is 14.4 Å². The Morgan fingerprint density at radius 2 is 0.976 bits per heavy atom. The number of hydrogen-bond donors (Lipinski definition) is 1. The zero-order valence-electron chi connectivity index (χ0n) is 24.5. The minimum Gasteiger partial charge on any atom is -0.462 e. The minimum absolute atomic E-state index is 0.0735. The van der Waals surface area contributed by atoms with E-state index in [1.165, 1.54) is 24.3 Å². The molecular weight excluding hydrogens is 528 g/mol. The molecule has 2 atom stereocenters. The molecule has 2 unspecified atom stereocenters. The number of aryl methyl sites for hydroxylation is 1. The van der Waals surface area contributed by atoms with E-state index in [0.29, 0.717) is 74.4 Å². The van der Waals surface area contributed by atoms with Crippen molar-refractivity contribution in [1.29, 1.82) is 0 Å². The smallest absolute Gasteiger partial charge is 0.338 e. The molecule has 0 aromatic heterocycles. The van der Waals surface area contributed by atoms with Crippen LogP contribution < -0.4 is 0 Å². The van der Waals surface area contributed by atoms with Gasteiger partial charge < -0.3 is 28.8 Å². The van der Waals surface area contributed by atoms with Gasteiger partial charge in [0, 0.05) is 39.3 Å². The molecule has 226 valence electrons. The molecule has 9 nitrogen and oxygen atoms in total. The lowest BCUT2D eigenvalue weighted by Gasteiger charge is -2.16. The van der Waals surface area contributed by atoms with Crippen LogP contribution in [0.1, 0.15) is 76.2 Å². The lowest BCUT2D eigenvalue weighted by Crippen LogP contribution is -2.14. The van der Waals surface area contributed by atoms with Crippen LogP contribution in [-0.2, 0) is 23.7 Å². The van der Waals surface area contributed by atoms with Crippen LogP contribution in [-0.4, -0.2) is 75.9 Å². The number of carbonyl (C=O) groups is 3. The van der Waals surface area contributed by atoms with Gasteiger partial charge in [0.15, 0.2) is 0 Å². The molecule has 2 aromatic rings. The largest absolute Gasteiger partial charge is 0.462 e. The summed E-state index contributed by atoms with van der Waals surface area (Å²) in [7, 11) is 0. The van der Waals surface area contributed by atoms with Crippen molar-refractivity contribution in [1.82, 2.24) is 0 Å². The van der Waals surface area contributed by atoms with Gasteiger partial charge in [-0.2, -0.15) is 0 Å². The summed E-state index contributed by atoms with van der Waals surface area (Å²) >= 11 is 0. The molecule has 41 heavy (non-hydrogen) atoms. The third-order valence-electron chi connectivity index (χ3n) is 6.26. The zero-order chi connectivity index (χ0) is 29.9. The van der Waals surface area contributed by atoms with E-state index in [-0.39, 0.29) is 25.8 Å². The predicted octanol–water partition coefficient (Wildman–Crippen LogP) is 5.02. The van der Waals surface area contributed by atoms with Crippen molar-refractivity contribution in [3.63, 3.8) is 0 Å². The normalized spacial score (nSPS) is 12.4. The summed E-state index contributed by atoms with van der Waals surface area (Å²) < 4.78 is 26.9. The maximum Gasteiger partial charge on any atom is 0.338 e. The fraction of sp³-hybridized carbons (Fsp3) is 0.531. The van der Waals surface area contributed by atoms with Crippen molar-refractivity contribution in [2.24, 2.45) is 11.8 Å². The van der Waals surface area contributed by atoms with Crippen LogP contribution in [0.4, 0.5) is 0 Å². The fourth-order valence-corrected chi connectivity index (χ4v) is 3.78. The Morgan fingerprint density at radius 1 is 0.610 bits per heavy atom. The van der Waals surface area contributed by atoms with E-state index >= 15 is 0 Å². The molecule has 1 N–H and O–H groups in total. The summed E-state index contributed by atoms with van der Waals surface area (Å²) in [4.78, 5) is 35.9. The minimum atomic E-state index is -0.556. The van der Waals surface area contributed by atoms with Crippen LogP contribution in [0.25, 0.3) is 0 Å². The van der Waals surface area contributed by atoms with Gasteiger partial charge in [0.25, 0.3) is 0 Å². The zero-order valence-corrected chi connectivity index (χ0v) is 24.5. The second kappa shape index (κ2) is 19.7. The average Bonchev–Trinajstić information content (AvgIpc) is 2.98. The number of ether oxygens (including phenoxy) is 5. The Labute approximate surface area is 243 Å². The second-order valence-electron chi connectivity index (χ2n) is 10.2. The van der Waals surface area contributed by atoms with E-state index < -0.39 is 11.9 Å². The lowest BCUT2D eigenvalue weighted by molar-refractivity contribution is 0.0390. The van der Waals surface area contributed by atoms with Crippen LogP contribution in [0.5, 0.6) is 0 Å². The van der Waals surface area contributed by atoms with Crippen LogP contribution >= 0.6 is 0 Å². The molecule has 0 aliphatic rings. The first-order valence-electron chi connectivity index (χ1n) is 14.2. The lowest BCUT2D eigenvalue weighted by atomic mass is 9.99. The topological polar surface area (TPSA) is 118 Å². The highest BCUT2D eigenvalue weighted by molar-refractivity contribution is 5.93. The van der Waals surface area contributed by atoms with Crippen LogP contribution in [0.3, 0.4) is 0 Å². The predicted molar refractivity (Wildman–Crippen MR) is 154 cm³/mol. The second-order valence-corrected chi connectivity index (χ2v) is 10.2. The van der Waals surface area contributed by atoms with Gasteiger partial charge in [0.05, 0.1) is 36.5 Å². The Kier molecular flexibility index (Phi) is 16.3. The molecule has 2 rings (SSSR count). The standard InChI is InChI=1S/C32H44O9/c1-24-8-10-27(11-9-24)30(34)39-19-4-17-37-22-25(2)6-7-26(3)23-38-18-5-20-40-31(35)28-12-14-29(15-13-28)32(36)41-21-16-33/h8-15,25-26,33H,4-7,16-23H2,1-3H3. The molecule has 9 heteroatoms. The van der Waals surface area contributed by atoms with Gasteiger partial charge in [-0.15, -0.1) is 0 Å². The fourth-order valence-electron chi connectivity index (χ4n) is 3.78. The highest BCUT2D eigenvalue weighted by atomic mass is 16.5. The summed E-state index contributed by atoms with van der Waals surface area (Å²) in [6.07, 6.45) is 3.31. The monoisotopic (exact) mass is 572 g/mol. The molecule has 0 saturated heterocycles. The molecule has 0 aliphatic carbocycles. The van der Waals surface area contributed by atoms with Gasteiger partial charge in [-0.25, -0.2) is 14.4 Å². The van der Waals surface area contributed by atoms with Crippen molar-refractivity contribution >= 4 is 17.9 Å². The molecule has 2 aromatic carbocycles. The van der Waals surface area contributed by atoms with Gasteiger partial charge in [0.2, 0.25) is 0 Å². The maximum absolute atomic E-state index is 12.2. The third-order valence-corrected chi connectivity index (χ3v) is 6.26. The van der Waals surface area contributed by atoms with Gasteiger partial charge in [0.1, 0.15) is 6.61 Å². The van der Waals surface area contributed by atoms with Crippen molar-refractivity contribution in [3.8, 4) is 0 Å². The molecule has 0 bridgehead atoms. The van der Waals surface area contributed by atoms with Crippen LogP contribution in [0.2, 0.25) is 0 Å². The van der Waals surface area contributed by atoms with Crippen LogP contribution in [0.15, 0.2) is 48.5 Å². The summed E-state index contributed by atoms with van der Waals surface area (Å²) in [6.45, 7) is 8.92. The number of aliphatic hydroxyl groups is 1. The maximum atomic E-state index is 12.2. The number of benzene rings is 2. The number of carbonyl (C=O) groups excluding carboxylic acids is 3. The SMILES string of the molecule is Cc1ccc(C(=O)OCCCOCC(C)CCC(C)COCCCOC(=O)c2ccc(C(=O)OCCO)cc2)cc1. The van der Waals surface area contributed by atoms with Gasteiger partial charge >= 0.3 is 17.9 Å². The van der Waals surface area contributed by atoms with Crippen LogP contribution in [0, 0.1) is 18.8 Å². The van der Waals surface area contributed by atoms with Crippen molar-refractivity contribution < 1.29 is 43.2 Å². The summed E-state index contributed by atoms with van der Waals surface area (Å²) in [5.41, 5.74) is 2.31. The van der Waals surface area contributed by atoms with E-state index in [0.717, 1.165) is 18.4 Å². The van der Waals surface area contributed by atoms with Crippen molar-refractivity contribution in [2.75, 3.05) is 52.9 Å². The molecule has 0 heterocycles. The molecular formula is C32H44O9. The first-order chi connectivity index (χ1) is 19.8. The quantitative estimate of drug-likeness (QED) is 0.132. The average molecular weight is 573 g/mol. The Balaban J connectivity index is 1.44. The highest BCUT2D eigenvalue weighted by Gasteiger charge is 2.12. The molecule has 0 fully saturated rings. The van der Waals surface area contributed by atoms with E-state index in [1.54, 1.807) is 12.1 Å². The van der Waals surface area contributed by atoms with E-state index in [1.807, 2.05) is 19.1 Å². The number of rotatable bonds is 20. The Bertz CT molecular complexity index is 1030. The summed E-state index contributed by atoms with van der Waals surface area (Å²) in [6, 6.07) is 13.3. The van der Waals surface area contributed by atoms with E-state index in [4.69, 9.17) is 28.8 Å². The van der Waals surface area contributed by atoms with Gasteiger partial charge in [-0.3, -0.25) is 0 Å². The molecule has 0 aliphatic heterocycles. The number of hydrogen-bond acceptors (Lipinski definition) is 9. The third kappa shape index (κ3) is 14.3. The summed E-state index contributed by atoms with van der Waals surface area (Å²) in [5, 5.41) is 8.71. The number of aliphatic hydroxyl groups excluding tert-OH is 1. The molecule has 0 radical (unpaired) electrons. The molecule has 0 spiro atoms. The number of esters is 3. The molecule has 0 saturated carbocycles. The van der Waals surface area contributed by atoms with E-state index in [2.05, 4.69) is 13.8 Å².